The summed E-state index contributed by atoms with van der Waals surface area (Å²) in [5.41, 5.74) is 0. The molecule has 1 rings (SSSR count). The Morgan fingerprint density at radius 2 is 2.19 bits per heavy atom. The molecular formula is C14H29NS. The van der Waals surface area contributed by atoms with Gasteiger partial charge in [-0.15, -0.1) is 0 Å². The molecule has 0 bridgehead atoms. The summed E-state index contributed by atoms with van der Waals surface area (Å²) in [7, 11) is 0. The second-order valence-corrected chi connectivity index (χ2v) is 6.82. The van der Waals surface area contributed by atoms with Gasteiger partial charge in [-0.3, -0.25) is 0 Å². The van der Waals surface area contributed by atoms with E-state index in [0.717, 1.165) is 11.2 Å². The van der Waals surface area contributed by atoms with E-state index in [1.165, 1.54) is 50.8 Å². The number of nitrogens with one attached hydrogen (secondary N) is 1. The minimum absolute atomic E-state index is 0.702. The van der Waals surface area contributed by atoms with Crippen molar-refractivity contribution in [2.45, 2.75) is 70.6 Å². The van der Waals surface area contributed by atoms with E-state index in [0.29, 0.717) is 6.04 Å². The van der Waals surface area contributed by atoms with E-state index in [1.807, 2.05) is 0 Å². The van der Waals surface area contributed by atoms with Crippen molar-refractivity contribution < 1.29 is 0 Å². The molecule has 1 fully saturated rings. The van der Waals surface area contributed by atoms with Gasteiger partial charge in [0.25, 0.3) is 0 Å². The summed E-state index contributed by atoms with van der Waals surface area (Å²) in [6.45, 7) is 8.14. The van der Waals surface area contributed by atoms with Gasteiger partial charge in [0, 0.05) is 11.3 Å². The van der Waals surface area contributed by atoms with Crippen LogP contribution < -0.4 is 5.32 Å². The number of hydrogen-bond donors (Lipinski definition) is 1. The first-order valence-electron chi connectivity index (χ1n) is 7.07. The van der Waals surface area contributed by atoms with Crippen LogP contribution >= 0.6 is 11.8 Å². The molecule has 0 saturated heterocycles. The van der Waals surface area contributed by atoms with Crippen molar-refractivity contribution in [3.05, 3.63) is 0 Å². The molecule has 96 valence electrons. The van der Waals surface area contributed by atoms with E-state index in [4.69, 9.17) is 0 Å². The van der Waals surface area contributed by atoms with Gasteiger partial charge in [0.2, 0.25) is 0 Å². The maximum atomic E-state index is 3.57. The molecule has 1 aliphatic carbocycles. The molecule has 0 spiro atoms. The lowest BCUT2D eigenvalue weighted by Crippen LogP contribution is -2.27. The van der Waals surface area contributed by atoms with Crippen LogP contribution in [0.15, 0.2) is 0 Å². The second kappa shape index (κ2) is 8.41. The van der Waals surface area contributed by atoms with E-state index in [1.54, 1.807) is 0 Å². The number of thioether (sulfide) groups is 1. The van der Waals surface area contributed by atoms with E-state index < -0.39 is 0 Å². The van der Waals surface area contributed by atoms with Gasteiger partial charge in [-0.05, 0) is 50.8 Å². The second-order valence-electron chi connectivity index (χ2n) is 5.41. The van der Waals surface area contributed by atoms with Crippen LogP contribution in [-0.2, 0) is 0 Å². The first-order chi connectivity index (χ1) is 7.72. The number of hydrogen-bond acceptors (Lipinski definition) is 2. The fourth-order valence-electron chi connectivity index (χ4n) is 2.43. The fourth-order valence-corrected chi connectivity index (χ4v) is 4.06. The summed E-state index contributed by atoms with van der Waals surface area (Å²) in [5.74, 6) is 2.32. The molecule has 0 amide bonds. The van der Waals surface area contributed by atoms with E-state index in [-0.39, 0.29) is 0 Å². The Kier molecular flexibility index (Phi) is 7.55. The van der Waals surface area contributed by atoms with Crippen LogP contribution in [0.25, 0.3) is 0 Å². The largest absolute Gasteiger partial charge is 0.314 e. The van der Waals surface area contributed by atoms with Gasteiger partial charge in [-0.2, -0.15) is 11.8 Å². The Morgan fingerprint density at radius 1 is 1.38 bits per heavy atom. The topological polar surface area (TPSA) is 12.0 Å². The lowest BCUT2D eigenvalue weighted by Gasteiger charge is -2.26. The Bertz CT molecular complexity index is 172. The molecule has 16 heavy (non-hydrogen) atoms. The highest BCUT2D eigenvalue weighted by Crippen LogP contribution is 2.32. The van der Waals surface area contributed by atoms with Crippen LogP contribution in [0.4, 0.5) is 0 Å². The van der Waals surface area contributed by atoms with Crippen molar-refractivity contribution in [1.82, 2.24) is 5.32 Å². The highest BCUT2D eigenvalue weighted by Gasteiger charge is 2.18. The van der Waals surface area contributed by atoms with Gasteiger partial charge in [0.15, 0.2) is 0 Å². The van der Waals surface area contributed by atoms with Crippen LogP contribution in [0.3, 0.4) is 0 Å². The quantitative estimate of drug-likeness (QED) is 0.723. The molecule has 0 aliphatic heterocycles. The van der Waals surface area contributed by atoms with Gasteiger partial charge in [-0.25, -0.2) is 0 Å². The van der Waals surface area contributed by atoms with Crippen LogP contribution in [0.1, 0.15) is 59.3 Å². The molecule has 0 aromatic carbocycles. The maximum absolute atomic E-state index is 3.57. The highest BCUT2D eigenvalue weighted by molar-refractivity contribution is 7.99. The van der Waals surface area contributed by atoms with Gasteiger partial charge in [-0.1, -0.05) is 26.7 Å². The van der Waals surface area contributed by atoms with Gasteiger partial charge in [0.1, 0.15) is 0 Å². The van der Waals surface area contributed by atoms with Crippen molar-refractivity contribution >= 4 is 11.8 Å². The molecule has 0 heterocycles. The minimum Gasteiger partial charge on any atom is -0.314 e. The molecule has 1 nitrogen and oxygen atoms in total. The van der Waals surface area contributed by atoms with Crippen molar-refractivity contribution in [2.24, 2.45) is 5.92 Å². The van der Waals surface area contributed by atoms with Crippen molar-refractivity contribution in [2.75, 3.05) is 12.3 Å². The normalized spacial score (nSPS) is 27.9. The van der Waals surface area contributed by atoms with Crippen molar-refractivity contribution in [3.8, 4) is 0 Å². The molecule has 3 unspecified atom stereocenters. The summed E-state index contributed by atoms with van der Waals surface area (Å²) in [4.78, 5) is 0. The third-order valence-corrected chi connectivity index (χ3v) is 4.91. The van der Waals surface area contributed by atoms with Crippen LogP contribution in [0.2, 0.25) is 0 Å². The maximum Gasteiger partial charge on any atom is 0.00496 e. The lowest BCUT2D eigenvalue weighted by atomic mass is 9.91. The third kappa shape index (κ3) is 6.15. The molecule has 1 N–H and O–H groups in total. The average Bonchev–Trinajstić information content (AvgIpc) is 2.26. The highest BCUT2D eigenvalue weighted by atomic mass is 32.2. The SMILES string of the molecule is CCCNC(C)CCSC1CCCC(C)C1. The Labute approximate surface area is 106 Å². The van der Waals surface area contributed by atoms with Crippen molar-refractivity contribution in [1.29, 1.82) is 0 Å². The van der Waals surface area contributed by atoms with E-state index >= 15 is 0 Å². The average molecular weight is 243 g/mol. The van der Waals surface area contributed by atoms with Gasteiger partial charge in [0.05, 0.1) is 0 Å². The first kappa shape index (κ1) is 14.4. The van der Waals surface area contributed by atoms with Crippen LogP contribution in [0.5, 0.6) is 0 Å². The third-order valence-electron chi connectivity index (χ3n) is 3.54. The Balaban J connectivity index is 2.01. The molecule has 2 heteroatoms. The summed E-state index contributed by atoms with van der Waals surface area (Å²) in [5, 5.41) is 4.53. The van der Waals surface area contributed by atoms with E-state index in [9.17, 15) is 0 Å². The summed E-state index contributed by atoms with van der Waals surface area (Å²) >= 11 is 2.22. The lowest BCUT2D eigenvalue weighted by molar-refractivity contribution is 0.394. The summed E-state index contributed by atoms with van der Waals surface area (Å²) < 4.78 is 0. The van der Waals surface area contributed by atoms with Gasteiger partial charge < -0.3 is 5.32 Å². The van der Waals surface area contributed by atoms with Crippen LogP contribution in [-0.4, -0.2) is 23.6 Å². The predicted octanol–water partition coefficient (Wildman–Crippen LogP) is 4.08. The van der Waals surface area contributed by atoms with Crippen LogP contribution in [0, 0.1) is 5.92 Å². The molecule has 0 aromatic heterocycles. The van der Waals surface area contributed by atoms with Crippen molar-refractivity contribution in [3.63, 3.8) is 0 Å². The minimum atomic E-state index is 0.702. The summed E-state index contributed by atoms with van der Waals surface area (Å²) in [6.07, 6.45) is 8.42. The fraction of sp³-hybridized carbons (Fsp3) is 1.00. The number of rotatable bonds is 7. The van der Waals surface area contributed by atoms with Gasteiger partial charge >= 0.3 is 0 Å². The molecular weight excluding hydrogens is 214 g/mol. The Hall–Kier alpha value is 0.310. The molecule has 1 saturated carbocycles. The molecule has 0 radical (unpaired) electrons. The molecule has 0 aromatic rings. The zero-order valence-electron chi connectivity index (χ0n) is 11.3. The monoisotopic (exact) mass is 243 g/mol. The smallest absolute Gasteiger partial charge is 0.00496 e. The molecule has 3 atom stereocenters. The predicted molar refractivity (Wildman–Crippen MR) is 76.3 cm³/mol. The zero-order valence-corrected chi connectivity index (χ0v) is 12.1. The zero-order chi connectivity index (χ0) is 11.8. The summed E-state index contributed by atoms with van der Waals surface area (Å²) in [6, 6.07) is 0.702. The first-order valence-corrected chi connectivity index (χ1v) is 8.12. The molecule has 1 aliphatic rings. The standard InChI is InChI=1S/C14H29NS/c1-4-9-15-13(3)8-10-16-14-7-5-6-12(2)11-14/h12-15H,4-11H2,1-3H3. The van der Waals surface area contributed by atoms with E-state index in [2.05, 4.69) is 37.8 Å². The Morgan fingerprint density at radius 3 is 2.88 bits per heavy atom.